The third-order valence-electron chi connectivity index (χ3n) is 2.76. The van der Waals surface area contributed by atoms with Gasteiger partial charge in [-0.25, -0.2) is 0 Å². The fourth-order valence-electron chi connectivity index (χ4n) is 1.000. The maximum atomic E-state index is 11.1. The van der Waals surface area contributed by atoms with Crippen LogP contribution in [0.1, 0.15) is 80.1 Å². The van der Waals surface area contributed by atoms with Crippen LogP contribution < -0.4 is 0 Å². The van der Waals surface area contributed by atoms with Gasteiger partial charge in [0.1, 0.15) is 0 Å². The molecule has 0 bridgehead atoms. The Morgan fingerprint density at radius 3 is 1.94 bits per heavy atom. The average Bonchev–Trinajstić information content (AvgIpc) is 2.29. The van der Waals surface area contributed by atoms with Gasteiger partial charge in [-0.15, -0.1) is 0 Å². The molecule has 0 atom stereocenters. The van der Waals surface area contributed by atoms with Gasteiger partial charge >= 0.3 is 5.97 Å². The second kappa shape index (κ2) is 14.5. The van der Waals surface area contributed by atoms with Crippen molar-refractivity contribution in [3.05, 3.63) is 0 Å². The predicted octanol–water partition coefficient (Wildman–Crippen LogP) is 5.21. The first-order valence-corrected chi connectivity index (χ1v) is 7.59. The minimum Gasteiger partial charge on any atom is -0.466 e. The summed E-state index contributed by atoms with van der Waals surface area (Å²) in [7, 11) is 0. The molecule has 0 aliphatic heterocycles. The van der Waals surface area contributed by atoms with E-state index in [-0.39, 0.29) is 5.97 Å². The number of carbonyl (C=O) groups is 1. The molecule has 0 radical (unpaired) electrons. The van der Waals surface area contributed by atoms with Crippen molar-refractivity contribution < 1.29 is 9.53 Å². The summed E-state index contributed by atoms with van der Waals surface area (Å²) in [6.45, 7) is 13.6. The van der Waals surface area contributed by atoms with Crippen molar-refractivity contribution >= 4 is 5.97 Å². The molecular weight excluding hydrogens is 224 g/mol. The van der Waals surface area contributed by atoms with Gasteiger partial charge in [0, 0.05) is 6.42 Å². The highest BCUT2D eigenvalue weighted by Gasteiger charge is 2.02. The molecule has 0 aromatic heterocycles. The van der Waals surface area contributed by atoms with Crippen LogP contribution in [0.4, 0.5) is 0 Å². The van der Waals surface area contributed by atoms with E-state index >= 15 is 0 Å². The van der Waals surface area contributed by atoms with Crippen LogP contribution in [0.15, 0.2) is 0 Å². The zero-order valence-electron chi connectivity index (χ0n) is 13.4. The molecule has 2 nitrogen and oxygen atoms in total. The van der Waals surface area contributed by atoms with E-state index < -0.39 is 0 Å². The highest BCUT2D eigenvalue weighted by atomic mass is 16.5. The van der Waals surface area contributed by atoms with E-state index in [9.17, 15) is 4.79 Å². The Labute approximate surface area is 114 Å². The third kappa shape index (κ3) is 20.8. The van der Waals surface area contributed by atoms with Gasteiger partial charge in [0.05, 0.1) is 6.61 Å². The Bertz CT molecular complexity index is 174. The zero-order valence-corrected chi connectivity index (χ0v) is 13.4. The van der Waals surface area contributed by atoms with Gasteiger partial charge in [-0.3, -0.25) is 4.79 Å². The van der Waals surface area contributed by atoms with Crippen LogP contribution in [0.2, 0.25) is 0 Å². The normalized spacial score (nSPS) is 10.2. The molecule has 0 unspecified atom stereocenters. The number of unbranched alkanes of at least 4 members (excludes halogenated alkanes) is 2. The van der Waals surface area contributed by atoms with Gasteiger partial charge in [0.15, 0.2) is 0 Å². The maximum Gasteiger partial charge on any atom is 0.305 e. The summed E-state index contributed by atoms with van der Waals surface area (Å²) in [5, 5.41) is 0. The van der Waals surface area contributed by atoms with Crippen LogP contribution in [-0.4, -0.2) is 12.6 Å². The second-order valence-electron chi connectivity index (χ2n) is 5.66. The molecule has 18 heavy (non-hydrogen) atoms. The van der Waals surface area contributed by atoms with E-state index in [4.69, 9.17) is 4.74 Å². The molecule has 0 rings (SSSR count). The molecule has 0 N–H and O–H groups in total. The number of esters is 1. The van der Waals surface area contributed by atoms with Crippen molar-refractivity contribution in [2.24, 2.45) is 11.8 Å². The summed E-state index contributed by atoms with van der Waals surface area (Å²) in [6, 6.07) is 0. The first kappa shape index (κ1) is 19.8. The first-order chi connectivity index (χ1) is 8.43. The van der Waals surface area contributed by atoms with Crippen molar-refractivity contribution in [3.63, 3.8) is 0 Å². The Balaban J connectivity index is 0. The molecule has 0 heterocycles. The lowest BCUT2D eigenvalue weighted by Gasteiger charge is -2.06. The van der Waals surface area contributed by atoms with Gasteiger partial charge in [0.2, 0.25) is 0 Å². The predicted molar refractivity (Wildman–Crippen MR) is 79.7 cm³/mol. The van der Waals surface area contributed by atoms with Crippen LogP contribution in [-0.2, 0) is 9.53 Å². The fourth-order valence-corrected chi connectivity index (χ4v) is 1.000. The van der Waals surface area contributed by atoms with Gasteiger partial charge in [-0.05, 0) is 24.7 Å². The summed E-state index contributed by atoms with van der Waals surface area (Å²) < 4.78 is 5.06. The minimum atomic E-state index is -0.0332. The van der Waals surface area contributed by atoms with E-state index in [1.54, 1.807) is 0 Å². The molecule has 0 aromatic carbocycles. The van der Waals surface area contributed by atoms with E-state index in [2.05, 4.69) is 41.5 Å². The zero-order chi connectivity index (χ0) is 14.4. The second-order valence-corrected chi connectivity index (χ2v) is 5.66. The lowest BCUT2D eigenvalue weighted by molar-refractivity contribution is -0.144. The van der Waals surface area contributed by atoms with Gasteiger partial charge in [-0.1, -0.05) is 60.8 Å². The highest BCUT2D eigenvalue weighted by molar-refractivity contribution is 5.69. The number of rotatable bonds is 8. The fraction of sp³-hybridized carbons (Fsp3) is 0.938. The topological polar surface area (TPSA) is 26.3 Å². The van der Waals surface area contributed by atoms with Crippen molar-refractivity contribution in [3.8, 4) is 0 Å². The SMILES string of the molecule is CCC(C)C.CCCCCC(=O)OCCC(C)C. The van der Waals surface area contributed by atoms with Crippen LogP contribution in [0.5, 0.6) is 0 Å². The van der Waals surface area contributed by atoms with E-state index in [1.807, 2.05) is 0 Å². The van der Waals surface area contributed by atoms with Crippen molar-refractivity contribution in [2.75, 3.05) is 6.61 Å². The van der Waals surface area contributed by atoms with Crippen molar-refractivity contribution in [2.45, 2.75) is 80.1 Å². The number of hydrogen-bond donors (Lipinski definition) is 0. The average molecular weight is 258 g/mol. The first-order valence-electron chi connectivity index (χ1n) is 7.59. The number of ether oxygens (including phenoxy) is 1. The van der Waals surface area contributed by atoms with Crippen LogP contribution >= 0.6 is 0 Å². The molecule has 0 fully saturated rings. The highest BCUT2D eigenvalue weighted by Crippen LogP contribution is 2.03. The molecule has 0 aromatic rings. The lowest BCUT2D eigenvalue weighted by atomic mass is 10.1. The Morgan fingerprint density at radius 1 is 1.00 bits per heavy atom. The quantitative estimate of drug-likeness (QED) is 0.441. The standard InChI is InChI=1S/C11H22O2.C5H12/c1-4-5-6-7-11(12)13-9-8-10(2)3;1-4-5(2)3/h10H,4-9H2,1-3H3;5H,4H2,1-3H3. The monoisotopic (exact) mass is 258 g/mol. The number of hydrogen-bond acceptors (Lipinski definition) is 2. The van der Waals surface area contributed by atoms with E-state index in [0.717, 1.165) is 31.6 Å². The van der Waals surface area contributed by atoms with E-state index in [0.29, 0.717) is 18.9 Å². The van der Waals surface area contributed by atoms with Gasteiger partial charge in [0.25, 0.3) is 0 Å². The summed E-state index contributed by atoms with van der Waals surface area (Å²) in [5.74, 6) is 1.47. The lowest BCUT2D eigenvalue weighted by Crippen LogP contribution is -2.07. The summed E-state index contributed by atoms with van der Waals surface area (Å²) in [5.41, 5.74) is 0. The maximum absolute atomic E-state index is 11.1. The Hall–Kier alpha value is -0.530. The Morgan fingerprint density at radius 2 is 1.56 bits per heavy atom. The molecular formula is C16H34O2. The van der Waals surface area contributed by atoms with Crippen LogP contribution in [0, 0.1) is 11.8 Å². The van der Waals surface area contributed by atoms with Gasteiger partial charge in [-0.2, -0.15) is 0 Å². The largest absolute Gasteiger partial charge is 0.466 e. The molecule has 0 aliphatic rings. The molecule has 0 amide bonds. The summed E-state index contributed by atoms with van der Waals surface area (Å²) in [6.07, 6.45) is 6.11. The van der Waals surface area contributed by atoms with Crippen LogP contribution in [0.3, 0.4) is 0 Å². The van der Waals surface area contributed by atoms with E-state index in [1.165, 1.54) is 6.42 Å². The Kier molecular flexibility index (Phi) is 16.0. The molecule has 110 valence electrons. The smallest absolute Gasteiger partial charge is 0.305 e. The number of carbonyl (C=O) groups excluding carboxylic acids is 1. The minimum absolute atomic E-state index is 0.0332. The molecule has 2 heteroatoms. The molecule has 0 saturated heterocycles. The molecule has 0 aliphatic carbocycles. The van der Waals surface area contributed by atoms with Crippen molar-refractivity contribution in [1.82, 2.24) is 0 Å². The van der Waals surface area contributed by atoms with Crippen LogP contribution in [0.25, 0.3) is 0 Å². The summed E-state index contributed by atoms with van der Waals surface area (Å²) >= 11 is 0. The molecule has 0 saturated carbocycles. The third-order valence-corrected chi connectivity index (χ3v) is 2.76. The summed E-state index contributed by atoms with van der Waals surface area (Å²) in [4.78, 5) is 11.1. The molecule has 0 spiro atoms. The van der Waals surface area contributed by atoms with Gasteiger partial charge < -0.3 is 4.74 Å². The van der Waals surface area contributed by atoms with Crippen molar-refractivity contribution in [1.29, 1.82) is 0 Å².